The molecular formula is C16H19F3N2O2. The number of fused-ring (bicyclic) bond motifs is 1. The molecule has 126 valence electrons. The molecule has 1 fully saturated rings. The molecule has 0 spiro atoms. The zero-order chi connectivity index (χ0) is 16.8. The molecule has 0 amide bonds. The summed E-state index contributed by atoms with van der Waals surface area (Å²) in [6, 6.07) is 2.77. The average Bonchev–Trinajstić information content (AvgIpc) is 3.03. The van der Waals surface area contributed by atoms with Crippen molar-refractivity contribution in [3.05, 3.63) is 29.2 Å². The van der Waals surface area contributed by atoms with Crippen LogP contribution in [0.2, 0.25) is 0 Å². The highest BCUT2D eigenvalue weighted by molar-refractivity contribution is 5.78. The van der Waals surface area contributed by atoms with E-state index >= 15 is 0 Å². The molecule has 1 unspecified atom stereocenters. The van der Waals surface area contributed by atoms with Gasteiger partial charge in [0.05, 0.1) is 6.10 Å². The lowest BCUT2D eigenvalue weighted by atomic mass is 10.1. The Morgan fingerprint density at radius 2 is 2.13 bits per heavy atom. The number of aliphatic hydroxyl groups excluding tert-OH is 1. The van der Waals surface area contributed by atoms with E-state index in [9.17, 15) is 18.3 Å². The lowest BCUT2D eigenvalue weighted by Gasteiger charge is -2.16. The number of oxazole rings is 1. The number of likely N-dealkylation sites (tertiary alicyclic amines) is 1. The van der Waals surface area contributed by atoms with Crippen LogP contribution in [0, 0.1) is 0 Å². The monoisotopic (exact) mass is 328 g/mol. The molecule has 2 heterocycles. The van der Waals surface area contributed by atoms with E-state index in [0.717, 1.165) is 6.07 Å². The molecule has 1 aliphatic heterocycles. The van der Waals surface area contributed by atoms with Crippen LogP contribution in [0.5, 0.6) is 0 Å². The van der Waals surface area contributed by atoms with Crippen LogP contribution in [0.4, 0.5) is 13.2 Å². The third kappa shape index (κ3) is 3.35. The lowest BCUT2D eigenvalue weighted by Crippen LogP contribution is -2.21. The van der Waals surface area contributed by atoms with Crippen LogP contribution in [0.15, 0.2) is 16.5 Å². The molecule has 1 aliphatic rings. The Labute approximate surface area is 131 Å². The second-order valence-corrected chi connectivity index (χ2v) is 6.37. The summed E-state index contributed by atoms with van der Waals surface area (Å²) < 4.78 is 45.4. The minimum absolute atomic E-state index is 0.0827. The summed E-state index contributed by atoms with van der Waals surface area (Å²) in [4.78, 5) is 6.14. The molecule has 1 aromatic carbocycles. The van der Waals surface area contributed by atoms with Gasteiger partial charge >= 0.3 is 6.18 Å². The van der Waals surface area contributed by atoms with Crippen molar-refractivity contribution in [2.45, 2.75) is 45.0 Å². The molecule has 1 N–H and O–H groups in total. The van der Waals surface area contributed by atoms with Gasteiger partial charge in [-0.15, -0.1) is 0 Å². The van der Waals surface area contributed by atoms with Gasteiger partial charge in [-0.25, -0.2) is 4.98 Å². The normalized spacial score (nSPS) is 20.0. The van der Waals surface area contributed by atoms with Gasteiger partial charge in [-0.05, 0) is 24.1 Å². The molecule has 1 atom stereocenters. The van der Waals surface area contributed by atoms with Crippen LogP contribution < -0.4 is 0 Å². The summed E-state index contributed by atoms with van der Waals surface area (Å²) in [5, 5.41) is 9.55. The van der Waals surface area contributed by atoms with Gasteiger partial charge in [0.15, 0.2) is 11.5 Å². The van der Waals surface area contributed by atoms with Crippen molar-refractivity contribution >= 4 is 11.1 Å². The van der Waals surface area contributed by atoms with Gasteiger partial charge in [0.2, 0.25) is 0 Å². The first-order valence-corrected chi connectivity index (χ1v) is 7.65. The minimum atomic E-state index is -4.49. The fraction of sp³-hybridized carbons (Fsp3) is 0.562. The summed E-state index contributed by atoms with van der Waals surface area (Å²) in [6.45, 7) is 5.17. The summed E-state index contributed by atoms with van der Waals surface area (Å²) >= 11 is 0. The van der Waals surface area contributed by atoms with Crippen LogP contribution in [0.25, 0.3) is 11.1 Å². The number of aromatic nitrogens is 1. The molecule has 0 radical (unpaired) electrons. The van der Waals surface area contributed by atoms with Gasteiger partial charge in [0.25, 0.3) is 0 Å². The van der Waals surface area contributed by atoms with Gasteiger partial charge in [0.1, 0.15) is 11.1 Å². The van der Waals surface area contributed by atoms with Crippen molar-refractivity contribution in [3.8, 4) is 0 Å². The van der Waals surface area contributed by atoms with Crippen LogP contribution in [0.1, 0.15) is 43.2 Å². The highest BCUT2D eigenvalue weighted by atomic mass is 19.4. The molecular weight excluding hydrogens is 309 g/mol. The molecule has 2 aromatic rings. The van der Waals surface area contributed by atoms with Crippen molar-refractivity contribution in [2.24, 2.45) is 0 Å². The molecule has 0 aliphatic carbocycles. The van der Waals surface area contributed by atoms with Crippen LogP contribution in [-0.2, 0) is 12.7 Å². The first-order chi connectivity index (χ1) is 10.7. The average molecular weight is 328 g/mol. The van der Waals surface area contributed by atoms with E-state index in [1.807, 2.05) is 18.7 Å². The number of hydrogen-bond donors (Lipinski definition) is 1. The van der Waals surface area contributed by atoms with Crippen LogP contribution >= 0.6 is 0 Å². The van der Waals surface area contributed by atoms with Crippen molar-refractivity contribution < 1.29 is 22.7 Å². The summed E-state index contributed by atoms with van der Waals surface area (Å²) in [7, 11) is 0. The largest absolute Gasteiger partial charge is 0.440 e. The second-order valence-electron chi connectivity index (χ2n) is 6.37. The topological polar surface area (TPSA) is 49.5 Å². The molecule has 1 aromatic heterocycles. The van der Waals surface area contributed by atoms with Gasteiger partial charge < -0.3 is 9.52 Å². The molecule has 0 bridgehead atoms. The summed E-state index contributed by atoms with van der Waals surface area (Å²) in [5.41, 5.74) is -0.226. The lowest BCUT2D eigenvalue weighted by molar-refractivity contribution is -0.136. The molecule has 23 heavy (non-hydrogen) atoms. The van der Waals surface area contributed by atoms with E-state index < -0.39 is 17.8 Å². The quantitative estimate of drug-likeness (QED) is 0.936. The number of rotatable bonds is 3. The number of alkyl halides is 3. The Balaban J connectivity index is 2.02. The highest BCUT2D eigenvalue weighted by Gasteiger charge is 2.36. The van der Waals surface area contributed by atoms with Gasteiger partial charge in [0, 0.05) is 25.6 Å². The van der Waals surface area contributed by atoms with E-state index in [4.69, 9.17) is 4.42 Å². The smallest absolute Gasteiger partial charge is 0.420 e. The first-order valence-electron chi connectivity index (χ1n) is 7.65. The Morgan fingerprint density at radius 1 is 1.39 bits per heavy atom. The van der Waals surface area contributed by atoms with Crippen molar-refractivity contribution in [3.63, 3.8) is 0 Å². The first kappa shape index (κ1) is 16.3. The van der Waals surface area contributed by atoms with E-state index in [-0.39, 0.29) is 17.0 Å². The van der Waals surface area contributed by atoms with Gasteiger partial charge in [-0.1, -0.05) is 13.8 Å². The van der Waals surface area contributed by atoms with Gasteiger partial charge in [-0.2, -0.15) is 13.2 Å². The zero-order valence-electron chi connectivity index (χ0n) is 13.0. The summed E-state index contributed by atoms with van der Waals surface area (Å²) in [6.07, 6.45) is -4.25. The maximum Gasteiger partial charge on any atom is 0.420 e. The predicted octanol–water partition coefficient (Wildman–Crippen LogP) is 3.54. The third-order valence-corrected chi connectivity index (χ3v) is 4.02. The number of aliphatic hydroxyl groups is 1. The van der Waals surface area contributed by atoms with Crippen molar-refractivity contribution in [1.82, 2.24) is 9.88 Å². The molecule has 4 nitrogen and oxygen atoms in total. The van der Waals surface area contributed by atoms with Gasteiger partial charge in [-0.3, -0.25) is 4.90 Å². The zero-order valence-corrected chi connectivity index (χ0v) is 13.0. The Bertz CT molecular complexity index is 709. The van der Waals surface area contributed by atoms with Crippen LogP contribution in [0.3, 0.4) is 0 Å². The number of benzene rings is 1. The number of halogens is 3. The SMILES string of the molecule is CC(C)c1nc2cc(CN3CCC(O)C3)cc(C(F)(F)F)c2o1. The third-order valence-electron chi connectivity index (χ3n) is 4.02. The molecule has 7 heteroatoms. The van der Waals surface area contributed by atoms with E-state index in [0.29, 0.717) is 37.5 Å². The molecule has 1 saturated heterocycles. The van der Waals surface area contributed by atoms with E-state index in [1.54, 1.807) is 6.07 Å². The van der Waals surface area contributed by atoms with Crippen molar-refractivity contribution in [2.75, 3.05) is 13.1 Å². The maximum atomic E-state index is 13.3. The van der Waals surface area contributed by atoms with E-state index in [2.05, 4.69) is 4.98 Å². The number of β-amino-alcohol motifs (C(OH)–C–C–N with tert-alkyl or cyclic N) is 1. The van der Waals surface area contributed by atoms with Crippen LogP contribution in [-0.4, -0.2) is 34.2 Å². The number of nitrogens with zero attached hydrogens (tertiary/aromatic N) is 2. The molecule has 0 saturated carbocycles. The predicted molar refractivity (Wildman–Crippen MR) is 79.0 cm³/mol. The summed E-state index contributed by atoms with van der Waals surface area (Å²) in [5.74, 6) is 0.222. The molecule has 3 rings (SSSR count). The maximum absolute atomic E-state index is 13.3. The highest BCUT2D eigenvalue weighted by Crippen LogP contribution is 2.37. The second kappa shape index (κ2) is 5.79. The minimum Gasteiger partial charge on any atom is -0.440 e. The Hall–Kier alpha value is -1.60. The fourth-order valence-corrected chi connectivity index (χ4v) is 2.87. The Morgan fingerprint density at radius 3 is 2.70 bits per heavy atom. The number of hydrogen-bond acceptors (Lipinski definition) is 4. The fourth-order valence-electron chi connectivity index (χ4n) is 2.87. The van der Waals surface area contributed by atoms with E-state index in [1.165, 1.54) is 0 Å². The Kier molecular flexibility index (Phi) is 4.10. The van der Waals surface area contributed by atoms with Crippen molar-refractivity contribution in [1.29, 1.82) is 0 Å². The standard InChI is InChI=1S/C16H19F3N2O2/c1-9(2)15-20-13-6-10(7-21-4-3-11(22)8-21)5-12(14(13)23-15)16(17,18)19/h5-6,9,11,22H,3-4,7-8H2,1-2H3.